The van der Waals surface area contributed by atoms with Crippen LogP contribution in [0.15, 0.2) is 47.1 Å². The van der Waals surface area contributed by atoms with Crippen molar-refractivity contribution in [1.29, 1.82) is 0 Å². The highest BCUT2D eigenvalue weighted by molar-refractivity contribution is 9.10. The highest BCUT2D eigenvalue weighted by Gasteiger charge is 2.15. The maximum absolute atomic E-state index is 13.1. The van der Waals surface area contributed by atoms with E-state index in [0.29, 0.717) is 6.42 Å². The Morgan fingerprint density at radius 3 is 2.83 bits per heavy atom. The lowest BCUT2D eigenvalue weighted by molar-refractivity contribution is 0.533. The maximum Gasteiger partial charge on any atom is 0.123 e. The second kappa shape index (κ2) is 6.04. The Morgan fingerprint density at radius 1 is 1.33 bits per heavy atom. The van der Waals surface area contributed by atoms with E-state index in [2.05, 4.69) is 26.3 Å². The van der Waals surface area contributed by atoms with Gasteiger partial charge in [-0.15, -0.1) is 0 Å². The number of hydrazine groups is 1. The van der Waals surface area contributed by atoms with Crippen molar-refractivity contribution in [3.63, 3.8) is 0 Å². The quantitative estimate of drug-likeness (QED) is 0.674. The lowest BCUT2D eigenvalue weighted by Gasteiger charge is -2.16. The summed E-state index contributed by atoms with van der Waals surface area (Å²) in [5.41, 5.74) is 4.39. The number of nitrogens with zero attached hydrogens (tertiary/aromatic N) is 1. The van der Waals surface area contributed by atoms with E-state index in [1.165, 1.54) is 12.1 Å². The van der Waals surface area contributed by atoms with E-state index >= 15 is 0 Å². The largest absolute Gasteiger partial charge is 0.271 e. The molecule has 94 valence electrons. The molecule has 1 atom stereocenters. The summed E-state index contributed by atoms with van der Waals surface area (Å²) in [6.07, 6.45) is 2.28. The minimum Gasteiger partial charge on any atom is -0.271 e. The van der Waals surface area contributed by atoms with E-state index in [4.69, 9.17) is 5.84 Å². The normalized spacial score (nSPS) is 12.4. The van der Waals surface area contributed by atoms with Crippen LogP contribution in [0.5, 0.6) is 0 Å². The van der Waals surface area contributed by atoms with Crippen molar-refractivity contribution in [2.24, 2.45) is 5.84 Å². The molecule has 1 aromatic carbocycles. The molecule has 0 spiro atoms. The van der Waals surface area contributed by atoms with Gasteiger partial charge in [0.1, 0.15) is 5.82 Å². The van der Waals surface area contributed by atoms with Gasteiger partial charge in [-0.1, -0.05) is 12.1 Å². The zero-order chi connectivity index (χ0) is 13.0. The monoisotopic (exact) mass is 309 g/mol. The van der Waals surface area contributed by atoms with Crippen molar-refractivity contribution < 1.29 is 4.39 Å². The van der Waals surface area contributed by atoms with Crippen LogP contribution < -0.4 is 11.3 Å². The van der Waals surface area contributed by atoms with Crippen molar-refractivity contribution >= 4 is 15.9 Å². The molecule has 3 nitrogen and oxygen atoms in total. The van der Waals surface area contributed by atoms with E-state index in [1.807, 2.05) is 18.2 Å². The summed E-state index contributed by atoms with van der Waals surface area (Å²) in [6.45, 7) is 0. The van der Waals surface area contributed by atoms with Gasteiger partial charge in [-0.05, 0) is 52.2 Å². The predicted molar refractivity (Wildman–Crippen MR) is 72.1 cm³/mol. The molecule has 1 aromatic heterocycles. The predicted octanol–water partition coefficient (Wildman–Crippen LogP) is 2.73. The Labute approximate surface area is 113 Å². The second-order valence-electron chi connectivity index (χ2n) is 3.92. The summed E-state index contributed by atoms with van der Waals surface area (Å²) in [5.74, 6) is 5.31. The number of nitrogens with one attached hydrogen (secondary N) is 1. The van der Waals surface area contributed by atoms with Gasteiger partial charge in [0.2, 0.25) is 0 Å². The number of pyridine rings is 1. The minimum atomic E-state index is -0.247. The maximum atomic E-state index is 13.1. The first-order valence-electron chi connectivity index (χ1n) is 5.51. The van der Waals surface area contributed by atoms with Gasteiger partial charge in [0.15, 0.2) is 0 Å². The van der Waals surface area contributed by atoms with Crippen LogP contribution in [0.25, 0.3) is 0 Å². The molecule has 2 aromatic rings. The molecule has 1 heterocycles. The number of nitrogens with two attached hydrogens (primary N) is 1. The number of hydrogen-bond donors (Lipinski definition) is 2. The molecule has 3 N–H and O–H groups in total. The van der Waals surface area contributed by atoms with E-state index in [9.17, 15) is 4.39 Å². The van der Waals surface area contributed by atoms with Crippen LogP contribution in [0.4, 0.5) is 4.39 Å². The molecule has 1 unspecified atom stereocenters. The molecule has 0 aliphatic heterocycles. The molecule has 2 rings (SSSR count). The molecular formula is C13H13BrFN3. The molecule has 0 radical (unpaired) electrons. The molecule has 0 aliphatic carbocycles. The fraction of sp³-hybridized carbons (Fsp3) is 0.154. The van der Waals surface area contributed by atoms with Crippen molar-refractivity contribution in [2.45, 2.75) is 12.5 Å². The van der Waals surface area contributed by atoms with Crippen LogP contribution in [-0.2, 0) is 6.42 Å². The van der Waals surface area contributed by atoms with Crippen molar-refractivity contribution in [2.75, 3.05) is 0 Å². The molecule has 0 saturated carbocycles. The van der Waals surface area contributed by atoms with Crippen molar-refractivity contribution in [3.8, 4) is 0 Å². The Balaban J connectivity index is 2.23. The Morgan fingerprint density at radius 2 is 2.17 bits per heavy atom. The lowest BCUT2D eigenvalue weighted by Crippen LogP contribution is -2.30. The first kappa shape index (κ1) is 13.1. The number of aromatic nitrogens is 1. The highest BCUT2D eigenvalue weighted by Crippen LogP contribution is 2.23. The number of halogens is 2. The summed E-state index contributed by atoms with van der Waals surface area (Å²) < 4.78 is 14.0. The van der Waals surface area contributed by atoms with Crippen LogP contribution in [0.1, 0.15) is 17.3 Å². The van der Waals surface area contributed by atoms with Gasteiger partial charge in [0.25, 0.3) is 0 Å². The standard InChI is InChI=1S/C13H13BrFN3/c14-11-5-2-6-17-13(11)12(18-16)8-9-3-1-4-10(15)7-9/h1-7,12,18H,8,16H2. The summed E-state index contributed by atoms with van der Waals surface area (Å²) in [4.78, 5) is 4.28. The van der Waals surface area contributed by atoms with E-state index in [1.54, 1.807) is 12.3 Å². The average Bonchev–Trinajstić information content (AvgIpc) is 2.37. The van der Waals surface area contributed by atoms with Gasteiger partial charge in [-0.2, -0.15) is 0 Å². The van der Waals surface area contributed by atoms with Crippen LogP contribution in [0.3, 0.4) is 0 Å². The SMILES string of the molecule is NNC(Cc1cccc(F)c1)c1ncccc1Br. The molecule has 0 aliphatic rings. The second-order valence-corrected chi connectivity index (χ2v) is 4.78. The zero-order valence-corrected chi connectivity index (χ0v) is 11.2. The Hall–Kier alpha value is -1.30. The third-order valence-corrected chi connectivity index (χ3v) is 3.32. The summed E-state index contributed by atoms with van der Waals surface area (Å²) in [7, 11) is 0. The molecule has 0 saturated heterocycles. The molecular weight excluding hydrogens is 297 g/mol. The van der Waals surface area contributed by atoms with E-state index in [-0.39, 0.29) is 11.9 Å². The van der Waals surface area contributed by atoms with E-state index < -0.39 is 0 Å². The molecule has 0 amide bonds. The van der Waals surface area contributed by atoms with Gasteiger partial charge < -0.3 is 0 Å². The molecule has 0 bridgehead atoms. The third-order valence-electron chi connectivity index (χ3n) is 2.65. The summed E-state index contributed by atoms with van der Waals surface area (Å²) >= 11 is 3.43. The number of benzene rings is 1. The van der Waals surface area contributed by atoms with Crippen LogP contribution in [0, 0.1) is 5.82 Å². The molecule has 0 fully saturated rings. The average molecular weight is 310 g/mol. The number of rotatable bonds is 4. The highest BCUT2D eigenvalue weighted by atomic mass is 79.9. The van der Waals surface area contributed by atoms with Gasteiger partial charge in [-0.3, -0.25) is 16.3 Å². The van der Waals surface area contributed by atoms with Crippen molar-refractivity contribution in [3.05, 3.63) is 64.1 Å². The topological polar surface area (TPSA) is 50.9 Å². The van der Waals surface area contributed by atoms with Gasteiger partial charge in [0.05, 0.1) is 11.7 Å². The lowest BCUT2D eigenvalue weighted by atomic mass is 10.0. The fourth-order valence-corrected chi connectivity index (χ4v) is 2.32. The van der Waals surface area contributed by atoms with Gasteiger partial charge in [0, 0.05) is 10.7 Å². The van der Waals surface area contributed by atoms with Crippen LogP contribution in [0.2, 0.25) is 0 Å². The van der Waals surface area contributed by atoms with Crippen molar-refractivity contribution in [1.82, 2.24) is 10.4 Å². The van der Waals surface area contributed by atoms with Crippen LogP contribution in [-0.4, -0.2) is 4.98 Å². The number of hydrogen-bond acceptors (Lipinski definition) is 3. The Bertz CT molecular complexity index is 533. The Kier molecular flexibility index (Phi) is 4.41. The smallest absolute Gasteiger partial charge is 0.123 e. The summed E-state index contributed by atoms with van der Waals surface area (Å²) in [6, 6.07) is 10.0. The zero-order valence-electron chi connectivity index (χ0n) is 9.61. The third kappa shape index (κ3) is 3.13. The fourth-order valence-electron chi connectivity index (χ4n) is 1.79. The first-order chi connectivity index (χ1) is 8.70. The van der Waals surface area contributed by atoms with E-state index in [0.717, 1.165) is 15.7 Å². The minimum absolute atomic E-state index is 0.164. The first-order valence-corrected chi connectivity index (χ1v) is 6.31. The van der Waals surface area contributed by atoms with Crippen LogP contribution >= 0.6 is 15.9 Å². The van der Waals surface area contributed by atoms with Gasteiger partial charge >= 0.3 is 0 Å². The summed E-state index contributed by atoms with van der Waals surface area (Å²) in [5, 5.41) is 0. The molecule has 5 heteroatoms. The molecule has 18 heavy (non-hydrogen) atoms. The van der Waals surface area contributed by atoms with Gasteiger partial charge in [-0.25, -0.2) is 4.39 Å².